The molecule has 1 aromatic heterocycles. The number of carbonyl (C=O) groups is 1. The van der Waals surface area contributed by atoms with Crippen LogP contribution in [0.25, 0.3) is 0 Å². The number of hydrogen-bond acceptors (Lipinski definition) is 3. The molecule has 0 spiro atoms. The van der Waals surface area contributed by atoms with Crippen molar-refractivity contribution in [2.45, 2.75) is 27.3 Å². The van der Waals surface area contributed by atoms with Crippen molar-refractivity contribution >= 4 is 5.91 Å². The molecule has 0 fully saturated rings. The summed E-state index contributed by atoms with van der Waals surface area (Å²) in [6.07, 6.45) is 1.77. The zero-order chi connectivity index (χ0) is 12.2. The Morgan fingerprint density at radius 3 is 2.81 bits per heavy atom. The first-order valence-electron chi connectivity index (χ1n) is 5.34. The third-order valence-corrected chi connectivity index (χ3v) is 2.67. The van der Waals surface area contributed by atoms with Crippen molar-refractivity contribution in [2.24, 2.45) is 11.1 Å². The van der Waals surface area contributed by atoms with Crippen molar-refractivity contribution in [3.63, 3.8) is 0 Å². The molecule has 1 heterocycles. The summed E-state index contributed by atoms with van der Waals surface area (Å²) in [7, 11) is 0. The topological polar surface area (TPSA) is 68.0 Å². The van der Waals surface area contributed by atoms with Gasteiger partial charge in [0.05, 0.1) is 5.41 Å². The molecule has 0 saturated heterocycles. The fourth-order valence-corrected chi connectivity index (χ4v) is 1.30. The van der Waals surface area contributed by atoms with Crippen molar-refractivity contribution in [3.8, 4) is 0 Å². The molecule has 0 unspecified atom stereocenters. The quantitative estimate of drug-likeness (QED) is 0.779. The Morgan fingerprint density at radius 2 is 2.25 bits per heavy atom. The zero-order valence-corrected chi connectivity index (χ0v) is 10.1. The van der Waals surface area contributed by atoms with Crippen LogP contribution in [-0.2, 0) is 11.3 Å². The molecule has 0 aliphatic heterocycles. The number of aryl methyl sites for hydroxylation is 1. The molecular weight excluding hydrogens is 202 g/mol. The Morgan fingerprint density at radius 1 is 1.56 bits per heavy atom. The van der Waals surface area contributed by atoms with Gasteiger partial charge in [0.25, 0.3) is 0 Å². The average molecular weight is 221 g/mol. The monoisotopic (exact) mass is 221 g/mol. The lowest BCUT2D eigenvalue weighted by Gasteiger charge is -2.21. The normalized spacial score (nSPS) is 11.4. The van der Waals surface area contributed by atoms with Crippen LogP contribution in [0.4, 0.5) is 0 Å². The number of nitrogens with zero attached hydrogens (tertiary/aromatic N) is 1. The van der Waals surface area contributed by atoms with Crippen LogP contribution in [0.15, 0.2) is 18.3 Å². The van der Waals surface area contributed by atoms with Crippen LogP contribution >= 0.6 is 0 Å². The summed E-state index contributed by atoms with van der Waals surface area (Å²) in [6, 6.07) is 3.93. The number of nitrogens with one attached hydrogen (secondary N) is 1. The third-order valence-electron chi connectivity index (χ3n) is 2.67. The van der Waals surface area contributed by atoms with Crippen LogP contribution in [0.5, 0.6) is 0 Å². The zero-order valence-electron chi connectivity index (χ0n) is 10.1. The highest BCUT2D eigenvalue weighted by molar-refractivity contribution is 5.80. The summed E-state index contributed by atoms with van der Waals surface area (Å²) in [5, 5.41) is 3.22. The number of carbonyl (C=O) groups excluding carboxylic acids is 1. The largest absolute Gasteiger partial charge is 0.369 e. The van der Waals surface area contributed by atoms with Crippen LogP contribution in [0.3, 0.4) is 0 Å². The maximum atomic E-state index is 11.1. The van der Waals surface area contributed by atoms with Gasteiger partial charge < -0.3 is 11.1 Å². The molecule has 0 saturated carbocycles. The molecule has 1 rings (SSSR count). The van der Waals surface area contributed by atoms with E-state index >= 15 is 0 Å². The van der Waals surface area contributed by atoms with E-state index in [1.54, 1.807) is 6.20 Å². The molecule has 4 nitrogen and oxygen atoms in total. The highest BCUT2D eigenvalue weighted by Gasteiger charge is 2.23. The Labute approximate surface area is 96.3 Å². The predicted molar refractivity (Wildman–Crippen MR) is 63.7 cm³/mol. The second-order valence-electron chi connectivity index (χ2n) is 4.60. The van der Waals surface area contributed by atoms with E-state index in [4.69, 9.17) is 5.73 Å². The average Bonchev–Trinajstić information content (AvgIpc) is 2.20. The number of nitrogens with two attached hydrogens (primary N) is 1. The van der Waals surface area contributed by atoms with Gasteiger partial charge in [-0.2, -0.15) is 0 Å². The fraction of sp³-hybridized carbons (Fsp3) is 0.500. The minimum Gasteiger partial charge on any atom is -0.369 e. The summed E-state index contributed by atoms with van der Waals surface area (Å²) >= 11 is 0. The van der Waals surface area contributed by atoms with Crippen LogP contribution in [0.1, 0.15) is 25.1 Å². The van der Waals surface area contributed by atoms with E-state index in [2.05, 4.69) is 10.3 Å². The van der Waals surface area contributed by atoms with Crippen LogP contribution in [0, 0.1) is 12.3 Å². The van der Waals surface area contributed by atoms with Gasteiger partial charge in [-0.3, -0.25) is 9.78 Å². The number of hydrogen-bond donors (Lipinski definition) is 2. The van der Waals surface area contributed by atoms with Gasteiger partial charge in [-0.1, -0.05) is 6.07 Å². The molecular formula is C12H19N3O. The van der Waals surface area contributed by atoms with Crippen LogP contribution in [0.2, 0.25) is 0 Å². The Kier molecular flexibility index (Phi) is 4.01. The Bertz CT molecular complexity index is 374. The van der Waals surface area contributed by atoms with E-state index in [-0.39, 0.29) is 5.91 Å². The maximum Gasteiger partial charge on any atom is 0.224 e. The van der Waals surface area contributed by atoms with E-state index < -0.39 is 5.41 Å². The second-order valence-corrected chi connectivity index (χ2v) is 4.60. The lowest BCUT2D eigenvalue weighted by molar-refractivity contribution is -0.125. The maximum absolute atomic E-state index is 11.1. The molecule has 1 amide bonds. The first-order chi connectivity index (χ1) is 7.43. The molecule has 1 aromatic rings. The van der Waals surface area contributed by atoms with E-state index in [1.807, 2.05) is 32.9 Å². The van der Waals surface area contributed by atoms with Gasteiger partial charge in [0.2, 0.25) is 5.91 Å². The van der Waals surface area contributed by atoms with Crippen molar-refractivity contribution in [1.29, 1.82) is 0 Å². The lowest BCUT2D eigenvalue weighted by Crippen LogP contribution is -2.40. The molecule has 0 atom stereocenters. The highest BCUT2D eigenvalue weighted by atomic mass is 16.1. The van der Waals surface area contributed by atoms with Gasteiger partial charge in [0, 0.05) is 25.0 Å². The van der Waals surface area contributed by atoms with E-state index in [9.17, 15) is 4.79 Å². The minimum atomic E-state index is -0.518. The number of aromatic nitrogens is 1. The van der Waals surface area contributed by atoms with Crippen molar-refractivity contribution in [1.82, 2.24) is 10.3 Å². The predicted octanol–water partition coefficient (Wildman–Crippen LogP) is 0.991. The minimum absolute atomic E-state index is 0.289. The smallest absolute Gasteiger partial charge is 0.224 e. The molecule has 0 radical (unpaired) electrons. The van der Waals surface area contributed by atoms with Crippen LogP contribution in [-0.4, -0.2) is 17.4 Å². The first-order valence-corrected chi connectivity index (χ1v) is 5.34. The standard InChI is InChI=1S/C12H19N3O/c1-9-10(5-4-6-15-9)7-14-8-12(2,3)11(13)16/h4-6,14H,7-8H2,1-3H3,(H2,13,16). The number of primary amides is 1. The summed E-state index contributed by atoms with van der Waals surface area (Å²) in [5.41, 5.74) is 6.92. The van der Waals surface area contributed by atoms with Crippen molar-refractivity contribution in [2.75, 3.05) is 6.54 Å². The summed E-state index contributed by atoms with van der Waals surface area (Å²) in [6.45, 7) is 6.90. The Balaban J connectivity index is 2.48. The van der Waals surface area contributed by atoms with Gasteiger partial charge in [-0.25, -0.2) is 0 Å². The summed E-state index contributed by atoms with van der Waals surface area (Å²) in [4.78, 5) is 15.3. The van der Waals surface area contributed by atoms with E-state index in [1.165, 1.54) is 0 Å². The molecule has 0 aliphatic rings. The molecule has 0 aliphatic carbocycles. The number of rotatable bonds is 5. The summed E-state index contributed by atoms with van der Waals surface area (Å²) in [5.74, 6) is -0.289. The SMILES string of the molecule is Cc1ncccc1CNCC(C)(C)C(N)=O. The third kappa shape index (κ3) is 3.31. The highest BCUT2D eigenvalue weighted by Crippen LogP contribution is 2.12. The number of amides is 1. The van der Waals surface area contributed by atoms with Crippen molar-refractivity contribution < 1.29 is 4.79 Å². The van der Waals surface area contributed by atoms with Gasteiger partial charge in [0.1, 0.15) is 0 Å². The summed E-state index contributed by atoms with van der Waals surface area (Å²) < 4.78 is 0. The van der Waals surface area contributed by atoms with Gasteiger partial charge in [-0.05, 0) is 32.4 Å². The molecule has 16 heavy (non-hydrogen) atoms. The van der Waals surface area contributed by atoms with Gasteiger partial charge >= 0.3 is 0 Å². The number of pyridine rings is 1. The fourth-order valence-electron chi connectivity index (χ4n) is 1.30. The molecule has 88 valence electrons. The van der Waals surface area contributed by atoms with Crippen molar-refractivity contribution in [3.05, 3.63) is 29.6 Å². The molecule has 3 N–H and O–H groups in total. The molecule has 0 bridgehead atoms. The van der Waals surface area contributed by atoms with Gasteiger partial charge in [-0.15, -0.1) is 0 Å². The van der Waals surface area contributed by atoms with Crippen LogP contribution < -0.4 is 11.1 Å². The van der Waals surface area contributed by atoms with E-state index in [0.717, 1.165) is 11.3 Å². The van der Waals surface area contributed by atoms with E-state index in [0.29, 0.717) is 13.1 Å². The van der Waals surface area contributed by atoms with Gasteiger partial charge in [0.15, 0.2) is 0 Å². The second kappa shape index (κ2) is 5.07. The first kappa shape index (κ1) is 12.6. The Hall–Kier alpha value is -1.42. The molecule has 0 aromatic carbocycles. The molecule has 4 heteroatoms. The lowest BCUT2D eigenvalue weighted by atomic mass is 9.93.